The Labute approximate surface area is 124 Å². The fourth-order valence-corrected chi connectivity index (χ4v) is 1.95. The fourth-order valence-electron chi connectivity index (χ4n) is 1.95. The molecule has 2 aromatic rings. The second-order valence-electron chi connectivity index (χ2n) is 5.16. The summed E-state index contributed by atoms with van der Waals surface area (Å²) < 4.78 is 19.8. The molecule has 0 unspecified atom stereocenters. The first-order chi connectivity index (χ1) is 10.1. The standard InChI is InChI=1S/C17H20FNO2/c1-12(2)19-10-15-16(18)7-4-8-17(15)21-14-6-3-5-13(9-14)11-20/h3-9,12,19-20H,10-11H2,1-2H3. The zero-order valence-electron chi connectivity index (χ0n) is 12.3. The third kappa shape index (κ3) is 4.28. The lowest BCUT2D eigenvalue weighted by atomic mass is 10.1. The Bertz CT molecular complexity index is 599. The maximum atomic E-state index is 14.0. The molecule has 0 radical (unpaired) electrons. The van der Waals surface area contributed by atoms with E-state index in [1.807, 2.05) is 13.8 Å². The lowest BCUT2D eigenvalue weighted by Crippen LogP contribution is -2.22. The molecule has 0 saturated heterocycles. The van der Waals surface area contributed by atoms with Crippen LogP contribution in [0.15, 0.2) is 42.5 Å². The lowest BCUT2D eigenvalue weighted by molar-refractivity contribution is 0.281. The summed E-state index contributed by atoms with van der Waals surface area (Å²) in [5.41, 5.74) is 1.26. The van der Waals surface area contributed by atoms with Crippen molar-refractivity contribution in [1.29, 1.82) is 0 Å². The largest absolute Gasteiger partial charge is 0.457 e. The van der Waals surface area contributed by atoms with E-state index in [1.54, 1.807) is 36.4 Å². The van der Waals surface area contributed by atoms with Crippen LogP contribution in [0.1, 0.15) is 25.0 Å². The van der Waals surface area contributed by atoms with E-state index < -0.39 is 0 Å². The first-order valence-corrected chi connectivity index (χ1v) is 6.98. The third-order valence-electron chi connectivity index (χ3n) is 3.07. The van der Waals surface area contributed by atoms with Gasteiger partial charge < -0.3 is 15.2 Å². The number of rotatable bonds is 6. The molecule has 0 atom stereocenters. The van der Waals surface area contributed by atoms with Crippen molar-refractivity contribution in [2.24, 2.45) is 0 Å². The zero-order chi connectivity index (χ0) is 15.2. The number of nitrogens with one attached hydrogen (secondary N) is 1. The van der Waals surface area contributed by atoms with Crippen LogP contribution in [-0.2, 0) is 13.2 Å². The number of hydrogen-bond donors (Lipinski definition) is 2. The molecule has 0 heterocycles. The summed E-state index contributed by atoms with van der Waals surface area (Å²) in [4.78, 5) is 0. The first-order valence-electron chi connectivity index (χ1n) is 6.98. The van der Waals surface area contributed by atoms with E-state index in [4.69, 9.17) is 9.84 Å². The van der Waals surface area contributed by atoms with Gasteiger partial charge in [0.2, 0.25) is 0 Å². The average Bonchev–Trinajstić information content (AvgIpc) is 2.46. The van der Waals surface area contributed by atoms with E-state index in [-0.39, 0.29) is 18.5 Å². The summed E-state index contributed by atoms with van der Waals surface area (Å²) in [5, 5.41) is 12.3. The van der Waals surface area contributed by atoms with Crippen LogP contribution < -0.4 is 10.1 Å². The summed E-state index contributed by atoms with van der Waals surface area (Å²) in [7, 11) is 0. The summed E-state index contributed by atoms with van der Waals surface area (Å²) in [5.74, 6) is 0.773. The predicted molar refractivity (Wildman–Crippen MR) is 80.8 cm³/mol. The van der Waals surface area contributed by atoms with Crippen LogP contribution in [0.25, 0.3) is 0 Å². The molecular formula is C17H20FNO2. The van der Waals surface area contributed by atoms with Gasteiger partial charge in [-0.3, -0.25) is 0 Å². The van der Waals surface area contributed by atoms with Crippen molar-refractivity contribution in [1.82, 2.24) is 5.32 Å². The minimum Gasteiger partial charge on any atom is -0.457 e. The maximum absolute atomic E-state index is 14.0. The van der Waals surface area contributed by atoms with E-state index in [0.717, 1.165) is 5.56 Å². The van der Waals surface area contributed by atoms with Crippen LogP contribution in [0.2, 0.25) is 0 Å². The molecule has 2 rings (SSSR count). The summed E-state index contributed by atoms with van der Waals surface area (Å²) in [6.07, 6.45) is 0. The molecule has 4 heteroatoms. The molecule has 21 heavy (non-hydrogen) atoms. The topological polar surface area (TPSA) is 41.5 Å². The summed E-state index contributed by atoms with van der Waals surface area (Å²) in [6.45, 7) is 4.36. The predicted octanol–water partition coefficient (Wildman–Crippen LogP) is 3.61. The SMILES string of the molecule is CC(C)NCc1c(F)cccc1Oc1cccc(CO)c1. The van der Waals surface area contributed by atoms with Crippen LogP contribution in [0.3, 0.4) is 0 Å². The molecule has 3 nitrogen and oxygen atoms in total. The van der Waals surface area contributed by atoms with Gasteiger partial charge in [0, 0.05) is 18.2 Å². The molecule has 0 aliphatic rings. The summed E-state index contributed by atoms with van der Waals surface area (Å²) in [6, 6.07) is 12.2. The lowest BCUT2D eigenvalue weighted by Gasteiger charge is -2.14. The van der Waals surface area contributed by atoms with Crippen LogP contribution in [-0.4, -0.2) is 11.1 Å². The average molecular weight is 289 g/mol. The van der Waals surface area contributed by atoms with Crippen molar-refractivity contribution in [3.8, 4) is 11.5 Å². The molecule has 0 fully saturated rings. The van der Waals surface area contributed by atoms with Gasteiger partial charge in [-0.15, -0.1) is 0 Å². The molecule has 0 amide bonds. The Kier molecular flexibility index (Phi) is 5.31. The van der Waals surface area contributed by atoms with Crippen molar-refractivity contribution in [3.63, 3.8) is 0 Å². The van der Waals surface area contributed by atoms with E-state index in [1.165, 1.54) is 6.07 Å². The van der Waals surface area contributed by atoms with E-state index in [0.29, 0.717) is 23.6 Å². The van der Waals surface area contributed by atoms with Gasteiger partial charge in [0.05, 0.1) is 6.61 Å². The van der Waals surface area contributed by atoms with Gasteiger partial charge in [0.15, 0.2) is 0 Å². The highest BCUT2D eigenvalue weighted by atomic mass is 19.1. The number of ether oxygens (including phenoxy) is 1. The van der Waals surface area contributed by atoms with Crippen LogP contribution >= 0.6 is 0 Å². The van der Waals surface area contributed by atoms with Crippen LogP contribution in [0.5, 0.6) is 11.5 Å². The van der Waals surface area contributed by atoms with Crippen molar-refractivity contribution in [2.75, 3.05) is 0 Å². The molecule has 0 bridgehead atoms. The van der Waals surface area contributed by atoms with Crippen LogP contribution in [0.4, 0.5) is 4.39 Å². The van der Waals surface area contributed by atoms with E-state index in [2.05, 4.69) is 5.32 Å². The Morgan fingerprint density at radius 3 is 2.67 bits per heavy atom. The van der Waals surface area contributed by atoms with Crippen LogP contribution in [0, 0.1) is 5.82 Å². The zero-order valence-corrected chi connectivity index (χ0v) is 12.3. The van der Waals surface area contributed by atoms with Crippen molar-refractivity contribution >= 4 is 0 Å². The second kappa shape index (κ2) is 7.20. The fraction of sp³-hybridized carbons (Fsp3) is 0.294. The monoisotopic (exact) mass is 289 g/mol. The van der Waals surface area contributed by atoms with Gasteiger partial charge in [-0.1, -0.05) is 32.0 Å². The number of aliphatic hydroxyl groups is 1. The smallest absolute Gasteiger partial charge is 0.134 e. The molecule has 2 N–H and O–H groups in total. The molecular weight excluding hydrogens is 269 g/mol. The highest BCUT2D eigenvalue weighted by Crippen LogP contribution is 2.27. The van der Waals surface area contributed by atoms with Gasteiger partial charge >= 0.3 is 0 Å². The number of aliphatic hydroxyl groups excluding tert-OH is 1. The Morgan fingerprint density at radius 2 is 1.95 bits per heavy atom. The van der Waals surface area contributed by atoms with E-state index >= 15 is 0 Å². The number of benzene rings is 2. The van der Waals surface area contributed by atoms with Gasteiger partial charge in [-0.05, 0) is 29.8 Å². The normalized spacial score (nSPS) is 10.9. The summed E-state index contributed by atoms with van der Waals surface area (Å²) >= 11 is 0. The molecule has 0 saturated carbocycles. The molecule has 0 aromatic heterocycles. The third-order valence-corrected chi connectivity index (χ3v) is 3.07. The minimum absolute atomic E-state index is 0.0535. The van der Waals surface area contributed by atoms with Crippen molar-refractivity contribution in [2.45, 2.75) is 33.0 Å². The van der Waals surface area contributed by atoms with Gasteiger partial charge in [-0.25, -0.2) is 4.39 Å². The Hall–Kier alpha value is -1.91. The number of hydrogen-bond acceptors (Lipinski definition) is 3. The van der Waals surface area contributed by atoms with Gasteiger partial charge in [0.25, 0.3) is 0 Å². The number of halogens is 1. The molecule has 112 valence electrons. The maximum Gasteiger partial charge on any atom is 0.134 e. The highest BCUT2D eigenvalue weighted by Gasteiger charge is 2.11. The molecule has 0 aliphatic carbocycles. The first kappa shape index (κ1) is 15.5. The van der Waals surface area contributed by atoms with Gasteiger partial charge in [0.1, 0.15) is 17.3 Å². The van der Waals surface area contributed by atoms with Crippen molar-refractivity contribution in [3.05, 3.63) is 59.4 Å². The Morgan fingerprint density at radius 1 is 1.19 bits per heavy atom. The quantitative estimate of drug-likeness (QED) is 0.853. The van der Waals surface area contributed by atoms with E-state index in [9.17, 15) is 4.39 Å². The molecule has 0 spiro atoms. The van der Waals surface area contributed by atoms with Gasteiger partial charge in [-0.2, -0.15) is 0 Å². The Balaban J connectivity index is 2.24. The molecule has 2 aromatic carbocycles. The molecule has 0 aliphatic heterocycles. The minimum atomic E-state index is -0.293. The van der Waals surface area contributed by atoms with Crippen molar-refractivity contribution < 1.29 is 14.2 Å². The second-order valence-corrected chi connectivity index (χ2v) is 5.16. The highest BCUT2D eigenvalue weighted by molar-refractivity contribution is 5.39.